The molecule has 0 saturated heterocycles. The average Bonchev–Trinajstić information content (AvgIpc) is 2.31. The van der Waals surface area contributed by atoms with Crippen LogP contribution in [0.3, 0.4) is 0 Å². The molecule has 0 radical (unpaired) electrons. The van der Waals surface area contributed by atoms with Gasteiger partial charge < -0.3 is 4.74 Å². The number of carbonyl (C=O) groups excluding carboxylic acids is 1. The largest absolute Gasteiger partial charge is 0.469 e. The van der Waals surface area contributed by atoms with Crippen molar-refractivity contribution in [2.45, 2.75) is 31.3 Å². The molecule has 18 heavy (non-hydrogen) atoms. The second-order valence-electron chi connectivity index (χ2n) is 4.38. The summed E-state index contributed by atoms with van der Waals surface area (Å²) in [5, 5.41) is -0.730. The van der Waals surface area contributed by atoms with Crippen molar-refractivity contribution < 1.29 is 17.9 Å². The minimum Gasteiger partial charge on any atom is -0.469 e. The number of hydrogen-bond acceptors (Lipinski definition) is 4. The topological polar surface area (TPSA) is 60.4 Å². The molecule has 1 aromatic rings. The minimum absolute atomic E-state index is 0.0502. The van der Waals surface area contributed by atoms with Gasteiger partial charge in [-0.15, -0.1) is 0 Å². The molecule has 100 valence electrons. The molecule has 0 aliphatic rings. The third kappa shape index (κ3) is 4.14. The minimum atomic E-state index is -3.33. The lowest BCUT2D eigenvalue weighted by Gasteiger charge is -2.11. The van der Waals surface area contributed by atoms with E-state index in [1.54, 1.807) is 12.1 Å². The number of hydrogen-bond donors (Lipinski definition) is 0. The SMILES string of the molecule is COC(=O)CC(C)S(=O)(=O)Cc1ccc(C)cc1. The van der Waals surface area contributed by atoms with E-state index in [1.165, 1.54) is 14.0 Å². The Balaban J connectivity index is 2.75. The van der Waals surface area contributed by atoms with Crippen molar-refractivity contribution in [3.63, 3.8) is 0 Å². The predicted molar refractivity (Wildman–Crippen MR) is 69.9 cm³/mol. The highest BCUT2D eigenvalue weighted by Crippen LogP contribution is 2.14. The number of methoxy groups -OCH3 is 1. The number of aryl methyl sites for hydroxylation is 1. The van der Waals surface area contributed by atoms with Crippen molar-refractivity contribution in [1.29, 1.82) is 0 Å². The van der Waals surface area contributed by atoms with Crippen molar-refractivity contribution in [2.24, 2.45) is 0 Å². The summed E-state index contributed by atoms with van der Waals surface area (Å²) in [6, 6.07) is 7.32. The summed E-state index contributed by atoms with van der Waals surface area (Å²) < 4.78 is 28.5. The maximum Gasteiger partial charge on any atom is 0.306 e. The Bertz CT molecular complexity index is 502. The van der Waals surface area contributed by atoms with E-state index in [0.29, 0.717) is 0 Å². The maximum atomic E-state index is 12.0. The van der Waals surface area contributed by atoms with Crippen LogP contribution in [0.1, 0.15) is 24.5 Å². The fourth-order valence-electron chi connectivity index (χ4n) is 1.50. The molecule has 1 atom stereocenters. The van der Waals surface area contributed by atoms with Crippen LogP contribution in [0.5, 0.6) is 0 Å². The first-order valence-electron chi connectivity index (χ1n) is 5.69. The van der Waals surface area contributed by atoms with Gasteiger partial charge in [0.1, 0.15) is 0 Å². The second-order valence-corrected chi connectivity index (χ2v) is 6.80. The molecule has 4 nitrogen and oxygen atoms in total. The summed E-state index contributed by atoms with van der Waals surface area (Å²) in [6.07, 6.45) is -0.106. The summed E-state index contributed by atoms with van der Waals surface area (Å²) in [5.74, 6) is -0.555. The Hall–Kier alpha value is -1.36. The molecule has 5 heteroatoms. The summed E-state index contributed by atoms with van der Waals surface area (Å²) >= 11 is 0. The van der Waals surface area contributed by atoms with E-state index in [2.05, 4.69) is 4.74 Å². The van der Waals surface area contributed by atoms with Crippen LogP contribution in [-0.2, 0) is 25.1 Å². The van der Waals surface area contributed by atoms with Crippen LogP contribution < -0.4 is 0 Å². The lowest BCUT2D eigenvalue weighted by Crippen LogP contribution is -2.23. The van der Waals surface area contributed by atoms with Crippen LogP contribution >= 0.6 is 0 Å². The van der Waals surface area contributed by atoms with E-state index < -0.39 is 21.1 Å². The molecule has 0 aromatic heterocycles. The summed E-state index contributed by atoms with van der Waals surface area (Å²) in [4.78, 5) is 11.1. The molecule has 0 saturated carbocycles. The fourth-order valence-corrected chi connectivity index (χ4v) is 2.84. The predicted octanol–water partition coefficient (Wildman–Crippen LogP) is 1.86. The Morgan fingerprint density at radius 3 is 2.33 bits per heavy atom. The zero-order valence-electron chi connectivity index (χ0n) is 10.8. The Morgan fingerprint density at radius 2 is 1.83 bits per heavy atom. The van der Waals surface area contributed by atoms with Crippen molar-refractivity contribution in [1.82, 2.24) is 0 Å². The fraction of sp³-hybridized carbons (Fsp3) is 0.462. The lowest BCUT2D eigenvalue weighted by atomic mass is 10.2. The van der Waals surface area contributed by atoms with Crippen LogP contribution in [0, 0.1) is 6.92 Å². The molecular formula is C13H18O4S. The van der Waals surface area contributed by atoms with E-state index in [4.69, 9.17) is 0 Å². The summed E-state index contributed by atoms with van der Waals surface area (Å²) in [7, 11) is -2.08. The van der Waals surface area contributed by atoms with Gasteiger partial charge in [-0.1, -0.05) is 29.8 Å². The monoisotopic (exact) mass is 270 g/mol. The van der Waals surface area contributed by atoms with Gasteiger partial charge in [0.15, 0.2) is 9.84 Å². The van der Waals surface area contributed by atoms with E-state index >= 15 is 0 Å². The Labute approximate surface area is 108 Å². The summed E-state index contributed by atoms with van der Waals surface area (Å²) in [5.41, 5.74) is 1.82. The van der Waals surface area contributed by atoms with Gasteiger partial charge in [-0.3, -0.25) is 4.79 Å². The van der Waals surface area contributed by atoms with Crippen molar-refractivity contribution in [3.8, 4) is 0 Å². The van der Waals surface area contributed by atoms with E-state index in [-0.39, 0.29) is 12.2 Å². The van der Waals surface area contributed by atoms with Crippen LogP contribution in [0.2, 0.25) is 0 Å². The van der Waals surface area contributed by atoms with Gasteiger partial charge in [-0.05, 0) is 19.4 Å². The highest BCUT2D eigenvalue weighted by atomic mass is 32.2. The molecule has 0 amide bonds. The van der Waals surface area contributed by atoms with Crippen LogP contribution in [-0.4, -0.2) is 26.7 Å². The third-order valence-electron chi connectivity index (χ3n) is 2.78. The van der Waals surface area contributed by atoms with Gasteiger partial charge in [-0.25, -0.2) is 8.42 Å². The number of carbonyl (C=O) groups is 1. The Morgan fingerprint density at radius 1 is 1.28 bits per heavy atom. The number of sulfone groups is 1. The molecular weight excluding hydrogens is 252 g/mol. The van der Waals surface area contributed by atoms with Crippen LogP contribution in [0.15, 0.2) is 24.3 Å². The molecule has 0 aliphatic carbocycles. The Kier molecular flexibility index (Phi) is 4.90. The third-order valence-corrected chi connectivity index (χ3v) is 4.91. The van der Waals surface area contributed by atoms with Gasteiger partial charge >= 0.3 is 5.97 Å². The van der Waals surface area contributed by atoms with Crippen LogP contribution in [0.4, 0.5) is 0 Å². The van der Waals surface area contributed by atoms with E-state index in [9.17, 15) is 13.2 Å². The van der Waals surface area contributed by atoms with Crippen molar-refractivity contribution in [2.75, 3.05) is 7.11 Å². The highest BCUT2D eigenvalue weighted by molar-refractivity contribution is 7.91. The molecule has 0 N–H and O–H groups in total. The molecule has 0 fully saturated rings. The van der Waals surface area contributed by atoms with Gasteiger partial charge in [0.05, 0.1) is 24.5 Å². The molecule has 0 spiro atoms. The molecule has 1 unspecified atom stereocenters. The van der Waals surface area contributed by atoms with Crippen molar-refractivity contribution in [3.05, 3.63) is 35.4 Å². The standard InChI is InChI=1S/C13H18O4S/c1-10-4-6-12(7-5-10)9-18(15,16)11(2)8-13(14)17-3/h4-7,11H,8-9H2,1-3H3. The molecule has 1 rings (SSSR count). The van der Waals surface area contributed by atoms with Gasteiger partial charge in [0, 0.05) is 0 Å². The number of ether oxygens (including phenoxy) is 1. The average molecular weight is 270 g/mol. The van der Waals surface area contributed by atoms with Gasteiger partial charge in [0.2, 0.25) is 0 Å². The molecule has 0 aliphatic heterocycles. The first-order chi connectivity index (χ1) is 8.35. The highest BCUT2D eigenvalue weighted by Gasteiger charge is 2.24. The van der Waals surface area contributed by atoms with Gasteiger partial charge in [0.25, 0.3) is 0 Å². The number of rotatable bonds is 5. The first kappa shape index (κ1) is 14.7. The van der Waals surface area contributed by atoms with Crippen molar-refractivity contribution >= 4 is 15.8 Å². The molecule has 0 heterocycles. The smallest absolute Gasteiger partial charge is 0.306 e. The number of benzene rings is 1. The second kappa shape index (κ2) is 6.00. The molecule has 0 bridgehead atoms. The normalized spacial score (nSPS) is 13.1. The van der Waals surface area contributed by atoms with E-state index in [0.717, 1.165) is 11.1 Å². The van der Waals surface area contributed by atoms with E-state index in [1.807, 2.05) is 19.1 Å². The molecule has 1 aromatic carbocycles. The lowest BCUT2D eigenvalue weighted by molar-refractivity contribution is -0.140. The first-order valence-corrected chi connectivity index (χ1v) is 7.40. The number of esters is 1. The zero-order valence-corrected chi connectivity index (χ0v) is 11.7. The van der Waals surface area contributed by atoms with Gasteiger partial charge in [-0.2, -0.15) is 0 Å². The maximum absolute atomic E-state index is 12.0. The zero-order chi connectivity index (χ0) is 13.8. The quantitative estimate of drug-likeness (QED) is 0.766. The van der Waals surface area contributed by atoms with Crippen LogP contribution in [0.25, 0.3) is 0 Å². The summed E-state index contributed by atoms with van der Waals surface area (Å²) in [6.45, 7) is 3.47.